The number of azo groups is 1. The normalized spacial score (nSPS) is 15.0. The second kappa shape index (κ2) is 9.40. The fraction of sp³-hybridized carbons (Fsp3) is 0.368. The molecule has 0 heterocycles. The van der Waals surface area contributed by atoms with E-state index in [4.69, 9.17) is 5.11 Å². The smallest absolute Gasteiger partial charge is 0.112 e. The first-order valence-electron chi connectivity index (χ1n) is 8.40. The number of aryl methyl sites for hydroxylation is 1. The lowest BCUT2D eigenvalue weighted by Crippen LogP contribution is -2.42. The van der Waals surface area contributed by atoms with Crippen molar-refractivity contribution in [2.24, 2.45) is 10.2 Å². The van der Waals surface area contributed by atoms with Crippen molar-refractivity contribution in [3.05, 3.63) is 53.6 Å². The van der Waals surface area contributed by atoms with Crippen molar-refractivity contribution in [3.63, 3.8) is 0 Å². The third-order valence-corrected chi connectivity index (χ3v) is 4.20. The molecule has 0 aromatic heterocycles. The van der Waals surface area contributed by atoms with Crippen molar-refractivity contribution < 1.29 is 20.4 Å². The fourth-order valence-corrected chi connectivity index (χ4v) is 2.37. The van der Waals surface area contributed by atoms with Gasteiger partial charge in [-0.25, -0.2) is 0 Å². The SMILES string of the molecule is Cc1ccc(NC[C@@H](O)[C@H](O)[C@H](O)CO)c(N=Nc2ccccc2)c1C. The average molecular weight is 359 g/mol. The molecule has 7 heteroatoms. The molecule has 0 unspecified atom stereocenters. The number of benzene rings is 2. The van der Waals surface area contributed by atoms with Crippen LogP contribution in [0.3, 0.4) is 0 Å². The summed E-state index contributed by atoms with van der Waals surface area (Å²) in [5.41, 5.74) is 4.01. The molecule has 0 bridgehead atoms. The molecule has 0 aliphatic heterocycles. The van der Waals surface area contributed by atoms with Gasteiger partial charge in [-0.2, -0.15) is 5.11 Å². The van der Waals surface area contributed by atoms with Crippen LogP contribution in [0.2, 0.25) is 0 Å². The highest BCUT2D eigenvalue weighted by Gasteiger charge is 2.24. The van der Waals surface area contributed by atoms with Crippen LogP contribution in [0, 0.1) is 13.8 Å². The van der Waals surface area contributed by atoms with Gasteiger partial charge >= 0.3 is 0 Å². The second-order valence-electron chi connectivity index (χ2n) is 6.13. The molecule has 26 heavy (non-hydrogen) atoms. The van der Waals surface area contributed by atoms with Crippen LogP contribution in [0.25, 0.3) is 0 Å². The fourth-order valence-electron chi connectivity index (χ4n) is 2.37. The maximum absolute atomic E-state index is 9.97. The zero-order valence-electron chi connectivity index (χ0n) is 14.9. The van der Waals surface area contributed by atoms with Crippen LogP contribution in [-0.4, -0.2) is 51.9 Å². The first-order chi connectivity index (χ1) is 12.4. The van der Waals surface area contributed by atoms with Crippen molar-refractivity contribution >= 4 is 17.1 Å². The lowest BCUT2D eigenvalue weighted by atomic mass is 10.1. The Morgan fingerprint density at radius 1 is 0.923 bits per heavy atom. The van der Waals surface area contributed by atoms with Crippen molar-refractivity contribution in [2.75, 3.05) is 18.5 Å². The summed E-state index contributed by atoms with van der Waals surface area (Å²) in [6.45, 7) is 3.25. The maximum atomic E-state index is 9.97. The van der Waals surface area contributed by atoms with E-state index in [2.05, 4.69) is 15.5 Å². The molecule has 0 spiro atoms. The molecule has 0 saturated carbocycles. The van der Waals surface area contributed by atoms with E-state index >= 15 is 0 Å². The minimum absolute atomic E-state index is 0.0193. The molecule has 7 nitrogen and oxygen atoms in total. The van der Waals surface area contributed by atoms with Gasteiger partial charge in [0.25, 0.3) is 0 Å². The van der Waals surface area contributed by atoms with Gasteiger partial charge in [-0.3, -0.25) is 0 Å². The Labute approximate surface area is 152 Å². The van der Waals surface area contributed by atoms with Gasteiger partial charge in [0.05, 0.1) is 24.1 Å². The van der Waals surface area contributed by atoms with Gasteiger partial charge in [-0.05, 0) is 43.2 Å². The molecule has 0 radical (unpaired) electrons. The van der Waals surface area contributed by atoms with Crippen molar-refractivity contribution in [1.29, 1.82) is 0 Å². The molecule has 3 atom stereocenters. The Hall–Kier alpha value is -2.32. The van der Waals surface area contributed by atoms with Crippen LogP contribution in [0.4, 0.5) is 17.1 Å². The molecule has 5 N–H and O–H groups in total. The van der Waals surface area contributed by atoms with E-state index in [1.165, 1.54) is 0 Å². The largest absolute Gasteiger partial charge is 0.394 e. The summed E-state index contributed by atoms with van der Waals surface area (Å²) in [5, 5.41) is 49.6. The zero-order chi connectivity index (χ0) is 19.1. The molecule has 2 aromatic carbocycles. The van der Waals surface area contributed by atoms with E-state index in [1.807, 2.05) is 56.3 Å². The minimum Gasteiger partial charge on any atom is -0.394 e. The molecular formula is C19H25N3O4. The van der Waals surface area contributed by atoms with Crippen LogP contribution >= 0.6 is 0 Å². The number of hydrogen-bond donors (Lipinski definition) is 5. The molecule has 0 amide bonds. The minimum atomic E-state index is -1.45. The van der Waals surface area contributed by atoms with E-state index in [0.717, 1.165) is 16.8 Å². The molecule has 0 aliphatic rings. The highest BCUT2D eigenvalue weighted by molar-refractivity contribution is 5.70. The van der Waals surface area contributed by atoms with Gasteiger partial charge in [0.15, 0.2) is 0 Å². The number of aliphatic hydroxyl groups is 4. The van der Waals surface area contributed by atoms with Crippen molar-refractivity contribution in [3.8, 4) is 0 Å². The second-order valence-corrected chi connectivity index (χ2v) is 6.13. The molecule has 140 valence electrons. The summed E-state index contributed by atoms with van der Waals surface area (Å²) < 4.78 is 0. The predicted octanol–water partition coefficient (Wildman–Crippen LogP) is 2.21. The van der Waals surface area contributed by atoms with Crippen LogP contribution in [-0.2, 0) is 0 Å². The summed E-state index contributed by atoms with van der Waals surface area (Å²) in [6, 6.07) is 13.1. The van der Waals surface area contributed by atoms with E-state index < -0.39 is 24.9 Å². The first-order valence-corrected chi connectivity index (χ1v) is 8.40. The molecular weight excluding hydrogens is 334 g/mol. The number of aliphatic hydroxyl groups excluding tert-OH is 4. The van der Waals surface area contributed by atoms with Crippen LogP contribution in [0.5, 0.6) is 0 Å². The number of anilines is 1. The Kier molecular flexibility index (Phi) is 7.23. The number of rotatable bonds is 8. The predicted molar refractivity (Wildman–Crippen MR) is 100 cm³/mol. The monoisotopic (exact) mass is 359 g/mol. The van der Waals surface area contributed by atoms with Crippen LogP contribution < -0.4 is 5.32 Å². The standard InChI is InChI=1S/C19H25N3O4/c1-12-8-9-15(20-10-16(24)19(26)17(25)11-23)18(13(12)2)22-21-14-6-4-3-5-7-14/h3-9,16-17,19-20,23-26H,10-11H2,1-2H3/t16-,17-,19+/m1/s1. The molecule has 2 aromatic rings. The average Bonchev–Trinajstić information content (AvgIpc) is 2.67. The highest BCUT2D eigenvalue weighted by Crippen LogP contribution is 2.32. The molecule has 0 saturated heterocycles. The maximum Gasteiger partial charge on any atom is 0.112 e. The van der Waals surface area contributed by atoms with Gasteiger partial charge in [-0.15, -0.1) is 5.11 Å². The van der Waals surface area contributed by atoms with E-state index in [1.54, 1.807) is 0 Å². The quantitative estimate of drug-likeness (QED) is 0.463. The highest BCUT2D eigenvalue weighted by atomic mass is 16.4. The topological polar surface area (TPSA) is 118 Å². The first kappa shape index (κ1) is 20.0. The van der Waals surface area contributed by atoms with E-state index in [0.29, 0.717) is 11.4 Å². The Bertz CT molecular complexity index is 737. The van der Waals surface area contributed by atoms with Gasteiger partial charge in [0, 0.05) is 6.54 Å². The summed E-state index contributed by atoms with van der Waals surface area (Å²) in [7, 11) is 0. The number of nitrogens with zero attached hydrogens (tertiary/aromatic N) is 2. The molecule has 0 aliphatic carbocycles. The summed E-state index contributed by atoms with van der Waals surface area (Å²) >= 11 is 0. The summed E-state index contributed by atoms with van der Waals surface area (Å²) in [6.07, 6.45) is -4.10. The van der Waals surface area contributed by atoms with Crippen molar-refractivity contribution in [2.45, 2.75) is 32.2 Å². The zero-order valence-corrected chi connectivity index (χ0v) is 14.9. The Morgan fingerprint density at radius 3 is 2.27 bits per heavy atom. The Morgan fingerprint density at radius 2 is 1.62 bits per heavy atom. The summed E-state index contributed by atoms with van der Waals surface area (Å²) in [4.78, 5) is 0. The van der Waals surface area contributed by atoms with Gasteiger partial charge in [-0.1, -0.05) is 24.3 Å². The number of hydrogen-bond acceptors (Lipinski definition) is 7. The Balaban J connectivity index is 2.18. The van der Waals surface area contributed by atoms with Gasteiger partial charge in [0.2, 0.25) is 0 Å². The summed E-state index contributed by atoms with van der Waals surface area (Å²) in [5.74, 6) is 0. The number of nitrogens with one attached hydrogen (secondary N) is 1. The lowest BCUT2D eigenvalue weighted by Gasteiger charge is -2.22. The van der Waals surface area contributed by atoms with E-state index in [-0.39, 0.29) is 6.54 Å². The lowest BCUT2D eigenvalue weighted by molar-refractivity contribution is -0.0715. The third-order valence-electron chi connectivity index (χ3n) is 4.20. The van der Waals surface area contributed by atoms with Gasteiger partial charge < -0.3 is 25.7 Å². The van der Waals surface area contributed by atoms with Crippen LogP contribution in [0.15, 0.2) is 52.7 Å². The molecule has 2 rings (SSSR count). The third kappa shape index (κ3) is 5.09. The van der Waals surface area contributed by atoms with E-state index in [9.17, 15) is 15.3 Å². The molecule has 0 fully saturated rings. The van der Waals surface area contributed by atoms with Crippen molar-refractivity contribution in [1.82, 2.24) is 0 Å². The van der Waals surface area contributed by atoms with Crippen LogP contribution in [0.1, 0.15) is 11.1 Å². The van der Waals surface area contributed by atoms with Gasteiger partial charge in [0.1, 0.15) is 17.9 Å².